The van der Waals surface area contributed by atoms with Crippen molar-refractivity contribution in [1.29, 1.82) is 0 Å². The number of hydrogen-bond donors (Lipinski definition) is 1. The summed E-state index contributed by atoms with van der Waals surface area (Å²) in [4.78, 5) is 17.3. The Morgan fingerprint density at radius 1 is 1.20 bits per heavy atom. The van der Waals surface area contributed by atoms with Gasteiger partial charge in [-0.2, -0.15) is 5.10 Å². The number of hydrogen-bond acceptors (Lipinski definition) is 3. The number of carbonyl (C=O) groups excluding carboxylic acids is 1. The summed E-state index contributed by atoms with van der Waals surface area (Å²) in [5.41, 5.74) is 1.75. The van der Waals surface area contributed by atoms with Crippen molar-refractivity contribution in [3.63, 3.8) is 0 Å². The van der Waals surface area contributed by atoms with Crippen molar-refractivity contribution < 1.29 is 4.79 Å². The van der Waals surface area contributed by atoms with Gasteiger partial charge in [0.05, 0.1) is 11.7 Å². The molecule has 3 aliphatic heterocycles. The van der Waals surface area contributed by atoms with Gasteiger partial charge in [-0.05, 0) is 31.0 Å². The number of nitrogens with one attached hydrogen (secondary N) is 1. The normalized spacial score (nSPS) is 25.9. The van der Waals surface area contributed by atoms with E-state index in [1.807, 2.05) is 18.2 Å². The van der Waals surface area contributed by atoms with Gasteiger partial charge >= 0.3 is 0 Å². The molecule has 0 radical (unpaired) electrons. The first-order valence-electron chi connectivity index (χ1n) is 7.28. The fraction of sp³-hybridized carbons (Fsp3) is 0.467. The number of aromatic amines is 1. The topological polar surface area (TPSA) is 52.2 Å². The Labute approximate surface area is 117 Å². The molecule has 1 amide bonds. The fourth-order valence-electron chi connectivity index (χ4n) is 3.40. The third-order valence-corrected chi connectivity index (χ3v) is 4.60. The van der Waals surface area contributed by atoms with Crippen molar-refractivity contribution in [3.05, 3.63) is 30.0 Å². The maximum absolute atomic E-state index is 12.8. The van der Waals surface area contributed by atoms with E-state index in [0.717, 1.165) is 55.5 Å². The molecule has 1 N–H and O–H groups in total. The summed E-state index contributed by atoms with van der Waals surface area (Å²) in [5, 5.41) is 7.93. The van der Waals surface area contributed by atoms with E-state index >= 15 is 0 Å². The summed E-state index contributed by atoms with van der Waals surface area (Å²) >= 11 is 0. The first-order chi connectivity index (χ1) is 9.81. The number of carbonyl (C=O) groups is 1. The van der Waals surface area contributed by atoms with Gasteiger partial charge in [0, 0.05) is 43.2 Å². The molecule has 3 saturated heterocycles. The van der Waals surface area contributed by atoms with Gasteiger partial charge in [0.2, 0.25) is 0 Å². The number of aromatic nitrogens is 2. The quantitative estimate of drug-likeness (QED) is 0.854. The Hall–Kier alpha value is -1.88. The first-order valence-corrected chi connectivity index (χ1v) is 7.28. The molecule has 5 heteroatoms. The molecule has 0 unspecified atom stereocenters. The van der Waals surface area contributed by atoms with Crippen LogP contribution >= 0.6 is 0 Å². The molecule has 104 valence electrons. The molecule has 3 fully saturated rings. The Kier molecular flexibility index (Phi) is 2.73. The van der Waals surface area contributed by atoms with Crippen LogP contribution in [0, 0.1) is 0 Å². The zero-order valence-corrected chi connectivity index (χ0v) is 11.4. The zero-order valence-electron chi connectivity index (χ0n) is 11.4. The van der Waals surface area contributed by atoms with Gasteiger partial charge in [0.1, 0.15) is 0 Å². The largest absolute Gasteiger partial charge is 0.334 e. The van der Waals surface area contributed by atoms with E-state index in [1.54, 1.807) is 6.20 Å². The van der Waals surface area contributed by atoms with Crippen LogP contribution in [0.4, 0.5) is 0 Å². The highest BCUT2D eigenvalue weighted by atomic mass is 16.2. The molecule has 0 spiro atoms. The molecule has 0 atom stereocenters. The first kappa shape index (κ1) is 11.9. The standard InChI is InChI=1S/C15H18N4O/c20-15(11-1-2-14-12(9-11)10-16-17-14)19-8-7-18-5-3-13(19)4-6-18/h1-2,9-10,13H,3-8H2,(H,16,17). The van der Waals surface area contributed by atoms with Gasteiger partial charge in [0.25, 0.3) is 5.91 Å². The van der Waals surface area contributed by atoms with Gasteiger partial charge in [-0.15, -0.1) is 0 Å². The molecule has 2 bridgehead atoms. The van der Waals surface area contributed by atoms with Gasteiger partial charge in [0.15, 0.2) is 0 Å². The van der Waals surface area contributed by atoms with Crippen molar-refractivity contribution in [2.75, 3.05) is 26.2 Å². The Bertz CT molecular complexity index is 642. The van der Waals surface area contributed by atoms with Gasteiger partial charge in [-0.25, -0.2) is 0 Å². The lowest BCUT2D eigenvalue weighted by atomic mass is 10.0. The van der Waals surface area contributed by atoms with Crippen LogP contribution in [-0.2, 0) is 0 Å². The third-order valence-electron chi connectivity index (χ3n) is 4.60. The van der Waals surface area contributed by atoms with Gasteiger partial charge in [-0.1, -0.05) is 0 Å². The van der Waals surface area contributed by atoms with E-state index in [2.05, 4.69) is 20.0 Å². The summed E-state index contributed by atoms with van der Waals surface area (Å²) in [6.45, 7) is 4.13. The molecular formula is C15H18N4O. The summed E-state index contributed by atoms with van der Waals surface area (Å²) in [5.74, 6) is 0.168. The summed E-state index contributed by atoms with van der Waals surface area (Å²) < 4.78 is 0. The average Bonchev–Trinajstić information content (AvgIpc) is 2.76. The van der Waals surface area contributed by atoms with E-state index < -0.39 is 0 Å². The van der Waals surface area contributed by atoms with Crippen molar-refractivity contribution in [1.82, 2.24) is 20.0 Å². The maximum atomic E-state index is 12.8. The molecule has 5 rings (SSSR count). The van der Waals surface area contributed by atoms with Crippen LogP contribution in [0.5, 0.6) is 0 Å². The highest BCUT2D eigenvalue weighted by Crippen LogP contribution is 2.23. The molecule has 5 nitrogen and oxygen atoms in total. The number of amides is 1. The van der Waals surface area contributed by atoms with Crippen molar-refractivity contribution in [3.8, 4) is 0 Å². The van der Waals surface area contributed by atoms with E-state index in [0.29, 0.717) is 6.04 Å². The minimum absolute atomic E-state index is 0.168. The second-order valence-corrected chi connectivity index (χ2v) is 5.74. The minimum atomic E-state index is 0.168. The summed E-state index contributed by atoms with van der Waals surface area (Å²) in [6.07, 6.45) is 3.99. The molecular weight excluding hydrogens is 252 g/mol. The average molecular weight is 270 g/mol. The highest BCUT2D eigenvalue weighted by Gasteiger charge is 2.32. The zero-order chi connectivity index (χ0) is 13.5. The molecule has 3 aliphatic rings. The van der Waals surface area contributed by atoms with Gasteiger partial charge < -0.3 is 9.80 Å². The molecule has 2 aromatic rings. The van der Waals surface area contributed by atoms with Crippen LogP contribution in [0.1, 0.15) is 23.2 Å². The fourth-order valence-corrected chi connectivity index (χ4v) is 3.40. The van der Waals surface area contributed by atoms with E-state index in [4.69, 9.17) is 0 Å². The molecule has 4 heterocycles. The smallest absolute Gasteiger partial charge is 0.254 e. The minimum Gasteiger partial charge on any atom is -0.334 e. The lowest BCUT2D eigenvalue weighted by Crippen LogP contribution is -2.41. The van der Waals surface area contributed by atoms with Crippen molar-refractivity contribution in [2.45, 2.75) is 18.9 Å². The Morgan fingerprint density at radius 3 is 2.90 bits per heavy atom. The summed E-state index contributed by atoms with van der Waals surface area (Å²) in [7, 11) is 0. The lowest BCUT2D eigenvalue weighted by Gasteiger charge is -2.31. The van der Waals surface area contributed by atoms with Crippen LogP contribution in [0.2, 0.25) is 0 Å². The number of nitrogens with zero attached hydrogens (tertiary/aromatic N) is 3. The number of benzene rings is 1. The predicted molar refractivity (Wildman–Crippen MR) is 76.6 cm³/mol. The monoisotopic (exact) mass is 270 g/mol. The van der Waals surface area contributed by atoms with E-state index in [-0.39, 0.29) is 5.91 Å². The van der Waals surface area contributed by atoms with Crippen LogP contribution in [0.3, 0.4) is 0 Å². The number of H-pyrrole nitrogens is 1. The van der Waals surface area contributed by atoms with Crippen LogP contribution in [0.15, 0.2) is 24.4 Å². The van der Waals surface area contributed by atoms with Crippen LogP contribution in [-0.4, -0.2) is 58.1 Å². The van der Waals surface area contributed by atoms with Crippen molar-refractivity contribution >= 4 is 16.8 Å². The van der Waals surface area contributed by atoms with E-state index in [9.17, 15) is 4.79 Å². The number of piperidine rings is 1. The molecule has 1 aromatic carbocycles. The van der Waals surface area contributed by atoms with Crippen LogP contribution < -0.4 is 0 Å². The van der Waals surface area contributed by atoms with Gasteiger partial charge in [-0.3, -0.25) is 9.89 Å². The summed E-state index contributed by atoms with van der Waals surface area (Å²) in [6, 6.07) is 6.20. The van der Waals surface area contributed by atoms with E-state index in [1.165, 1.54) is 0 Å². The molecule has 0 saturated carbocycles. The third kappa shape index (κ3) is 1.89. The second-order valence-electron chi connectivity index (χ2n) is 5.74. The molecule has 20 heavy (non-hydrogen) atoms. The Morgan fingerprint density at radius 2 is 2.05 bits per heavy atom. The van der Waals surface area contributed by atoms with Crippen molar-refractivity contribution in [2.24, 2.45) is 0 Å². The maximum Gasteiger partial charge on any atom is 0.254 e. The number of rotatable bonds is 1. The predicted octanol–water partition coefficient (Wildman–Crippen LogP) is 1.48. The Balaban J connectivity index is 1.65. The molecule has 1 aromatic heterocycles. The highest BCUT2D eigenvalue weighted by molar-refractivity contribution is 5.98. The van der Waals surface area contributed by atoms with Crippen LogP contribution in [0.25, 0.3) is 10.9 Å². The number of fused-ring (bicyclic) bond motifs is 5. The lowest BCUT2D eigenvalue weighted by molar-refractivity contribution is 0.0685. The second kappa shape index (κ2) is 4.59. The SMILES string of the molecule is O=C(c1ccc2[nH]ncc2c1)N1CCN2CCC1CC2. The molecule has 0 aliphatic carbocycles.